The maximum absolute atomic E-state index is 12.3. The number of ether oxygens (including phenoxy) is 1. The van der Waals surface area contributed by atoms with Crippen molar-refractivity contribution in [1.82, 2.24) is 5.32 Å². The van der Waals surface area contributed by atoms with Gasteiger partial charge in [-0.25, -0.2) is 0 Å². The van der Waals surface area contributed by atoms with Crippen LogP contribution < -0.4 is 10.1 Å². The van der Waals surface area contributed by atoms with Gasteiger partial charge in [0, 0.05) is 13.0 Å². The Balaban J connectivity index is 1.97. The molecule has 5 heteroatoms. The van der Waals surface area contributed by atoms with E-state index in [1.165, 1.54) is 0 Å². The lowest BCUT2D eigenvalue weighted by atomic mass is 10.1. The Morgan fingerprint density at radius 2 is 1.88 bits per heavy atom. The molecule has 0 bridgehead atoms. The van der Waals surface area contributed by atoms with Crippen molar-refractivity contribution in [2.24, 2.45) is 0 Å². The molecule has 2 aromatic rings. The molecule has 0 unspecified atom stereocenters. The minimum atomic E-state index is -0.821. The molecule has 24 heavy (non-hydrogen) atoms. The lowest BCUT2D eigenvalue weighted by Gasteiger charge is -2.11. The van der Waals surface area contributed by atoms with Crippen molar-refractivity contribution >= 4 is 11.9 Å². The molecule has 0 aliphatic heterocycles. The van der Waals surface area contributed by atoms with Crippen molar-refractivity contribution in [3.05, 3.63) is 59.7 Å². The van der Waals surface area contributed by atoms with Crippen LogP contribution in [0.1, 0.15) is 35.2 Å². The van der Waals surface area contributed by atoms with Crippen LogP contribution in [-0.2, 0) is 4.79 Å². The summed E-state index contributed by atoms with van der Waals surface area (Å²) in [5.41, 5.74) is 1.53. The maximum Gasteiger partial charge on any atom is 0.303 e. The van der Waals surface area contributed by atoms with E-state index in [4.69, 9.17) is 9.84 Å². The van der Waals surface area contributed by atoms with Crippen molar-refractivity contribution in [1.29, 1.82) is 0 Å². The second-order valence-corrected chi connectivity index (χ2v) is 5.52. The zero-order valence-corrected chi connectivity index (χ0v) is 13.6. The molecule has 0 heterocycles. The minimum Gasteiger partial charge on any atom is -0.481 e. The third-order valence-electron chi connectivity index (χ3n) is 3.45. The Hall–Kier alpha value is -2.82. The van der Waals surface area contributed by atoms with Gasteiger partial charge in [-0.1, -0.05) is 24.3 Å². The van der Waals surface area contributed by atoms with E-state index in [-0.39, 0.29) is 12.3 Å². The van der Waals surface area contributed by atoms with Gasteiger partial charge in [-0.3, -0.25) is 9.59 Å². The SMILES string of the molecule is Cc1cccc(Oc2ccccc2C(=O)NCCCCC(=O)O)c1. The average Bonchev–Trinajstić information content (AvgIpc) is 2.54. The van der Waals surface area contributed by atoms with Gasteiger partial charge >= 0.3 is 5.97 Å². The van der Waals surface area contributed by atoms with Crippen LogP contribution in [0.5, 0.6) is 11.5 Å². The molecule has 0 atom stereocenters. The first-order valence-corrected chi connectivity index (χ1v) is 7.90. The zero-order chi connectivity index (χ0) is 17.4. The van der Waals surface area contributed by atoms with Gasteiger partial charge in [-0.15, -0.1) is 0 Å². The number of carboxylic acids is 1. The molecule has 2 aromatic carbocycles. The lowest BCUT2D eigenvalue weighted by Crippen LogP contribution is -2.24. The van der Waals surface area contributed by atoms with Crippen molar-refractivity contribution < 1.29 is 19.4 Å². The highest BCUT2D eigenvalue weighted by atomic mass is 16.5. The molecule has 0 aliphatic rings. The third kappa shape index (κ3) is 5.43. The van der Waals surface area contributed by atoms with Crippen LogP contribution in [0.2, 0.25) is 0 Å². The molecule has 5 nitrogen and oxygen atoms in total. The van der Waals surface area contributed by atoms with Gasteiger partial charge in [-0.2, -0.15) is 0 Å². The normalized spacial score (nSPS) is 10.2. The second kappa shape index (κ2) is 8.72. The topological polar surface area (TPSA) is 75.6 Å². The van der Waals surface area contributed by atoms with E-state index in [0.29, 0.717) is 36.4 Å². The number of aryl methyl sites for hydroxylation is 1. The van der Waals surface area contributed by atoms with Gasteiger partial charge in [0.2, 0.25) is 0 Å². The number of benzene rings is 2. The van der Waals surface area contributed by atoms with E-state index in [9.17, 15) is 9.59 Å². The lowest BCUT2D eigenvalue weighted by molar-refractivity contribution is -0.137. The van der Waals surface area contributed by atoms with Crippen LogP contribution >= 0.6 is 0 Å². The molecular weight excluding hydrogens is 306 g/mol. The van der Waals surface area contributed by atoms with E-state index < -0.39 is 5.97 Å². The number of carbonyl (C=O) groups is 2. The fraction of sp³-hybridized carbons (Fsp3) is 0.263. The Labute approximate surface area is 141 Å². The van der Waals surface area contributed by atoms with Crippen molar-refractivity contribution in [3.63, 3.8) is 0 Å². The molecule has 0 aromatic heterocycles. The van der Waals surface area contributed by atoms with Gasteiger partial charge < -0.3 is 15.2 Å². The molecule has 0 fully saturated rings. The first kappa shape index (κ1) is 17.5. The van der Waals surface area contributed by atoms with E-state index >= 15 is 0 Å². The highest BCUT2D eigenvalue weighted by Gasteiger charge is 2.12. The van der Waals surface area contributed by atoms with Crippen LogP contribution in [0.15, 0.2) is 48.5 Å². The van der Waals surface area contributed by atoms with Crippen molar-refractivity contribution in [2.45, 2.75) is 26.2 Å². The Morgan fingerprint density at radius 1 is 1.08 bits per heavy atom. The van der Waals surface area contributed by atoms with Gasteiger partial charge in [-0.05, 0) is 49.6 Å². The summed E-state index contributed by atoms with van der Waals surface area (Å²) in [6.07, 6.45) is 1.28. The van der Waals surface area contributed by atoms with E-state index in [0.717, 1.165) is 5.56 Å². The molecule has 2 rings (SSSR count). The monoisotopic (exact) mass is 327 g/mol. The predicted octanol–water partition coefficient (Wildman–Crippen LogP) is 3.77. The van der Waals surface area contributed by atoms with Crippen LogP contribution in [0.4, 0.5) is 0 Å². The maximum atomic E-state index is 12.3. The quantitative estimate of drug-likeness (QED) is 0.724. The molecule has 0 radical (unpaired) electrons. The van der Waals surface area contributed by atoms with Gasteiger partial charge in [0.05, 0.1) is 5.56 Å². The fourth-order valence-electron chi connectivity index (χ4n) is 2.25. The third-order valence-corrected chi connectivity index (χ3v) is 3.45. The highest BCUT2D eigenvalue weighted by molar-refractivity contribution is 5.97. The Kier molecular flexibility index (Phi) is 6.37. The highest BCUT2D eigenvalue weighted by Crippen LogP contribution is 2.25. The molecular formula is C19H21NO4. The summed E-state index contributed by atoms with van der Waals surface area (Å²) in [5.74, 6) is 0.120. The Morgan fingerprint density at radius 3 is 2.62 bits per heavy atom. The first-order chi connectivity index (χ1) is 11.6. The average molecular weight is 327 g/mol. The summed E-state index contributed by atoms with van der Waals surface area (Å²) in [6.45, 7) is 2.41. The molecule has 0 saturated heterocycles. The van der Waals surface area contributed by atoms with Crippen molar-refractivity contribution in [2.75, 3.05) is 6.54 Å². The van der Waals surface area contributed by atoms with Crippen LogP contribution in [0.25, 0.3) is 0 Å². The van der Waals surface area contributed by atoms with Crippen LogP contribution in [0, 0.1) is 6.92 Å². The first-order valence-electron chi connectivity index (χ1n) is 7.90. The fourth-order valence-corrected chi connectivity index (χ4v) is 2.25. The smallest absolute Gasteiger partial charge is 0.303 e. The summed E-state index contributed by atoms with van der Waals surface area (Å²) in [4.78, 5) is 22.8. The van der Waals surface area contributed by atoms with E-state index in [1.807, 2.05) is 37.3 Å². The number of hydrogen-bond donors (Lipinski definition) is 2. The summed E-state index contributed by atoms with van der Waals surface area (Å²) in [7, 11) is 0. The largest absolute Gasteiger partial charge is 0.481 e. The molecule has 2 N–H and O–H groups in total. The molecule has 126 valence electrons. The number of hydrogen-bond acceptors (Lipinski definition) is 3. The molecule has 1 amide bonds. The number of rotatable bonds is 8. The van der Waals surface area contributed by atoms with Crippen LogP contribution in [0.3, 0.4) is 0 Å². The van der Waals surface area contributed by atoms with Gasteiger partial charge in [0.25, 0.3) is 5.91 Å². The van der Waals surface area contributed by atoms with Gasteiger partial charge in [0.1, 0.15) is 11.5 Å². The van der Waals surface area contributed by atoms with Crippen LogP contribution in [-0.4, -0.2) is 23.5 Å². The standard InChI is InChI=1S/C19H21NO4/c1-14-7-6-8-15(13-14)24-17-10-3-2-9-16(17)19(23)20-12-5-4-11-18(21)22/h2-3,6-10,13H,4-5,11-12H2,1H3,(H,20,23)(H,21,22). The predicted molar refractivity (Wildman–Crippen MR) is 91.5 cm³/mol. The number of aliphatic carboxylic acids is 1. The number of carbonyl (C=O) groups excluding carboxylic acids is 1. The number of amides is 1. The number of nitrogens with one attached hydrogen (secondary N) is 1. The minimum absolute atomic E-state index is 0.114. The number of unbranched alkanes of at least 4 members (excludes halogenated alkanes) is 1. The van der Waals surface area contributed by atoms with E-state index in [2.05, 4.69) is 5.32 Å². The summed E-state index contributed by atoms with van der Waals surface area (Å²) < 4.78 is 5.83. The molecule has 0 saturated carbocycles. The Bertz CT molecular complexity index is 712. The zero-order valence-electron chi connectivity index (χ0n) is 13.6. The van der Waals surface area contributed by atoms with E-state index in [1.54, 1.807) is 18.2 Å². The number of carboxylic acid groups (broad SMARTS) is 1. The van der Waals surface area contributed by atoms with Gasteiger partial charge in [0.15, 0.2) is 0 Å². The summed E-state index contributed by atoms with van der Waals surface area (Å²) in [5, 5.41) is 11.4. The summed E-state index contributed by atoms with van der Waals surface area (Å²) in [6, 6.07) is 14.7. The second-order valence-electron chi connectivity index (χ2n) is 5.52. The molecule has 0 spiro atoms. The number of para-hydroxylation sites is 1. The van der Waals surface area contributed by atoms with Crippen molar-refractivity contribution in [3.8, 4) is 11.5 Å². The summed E-state index contributed by atoms with van der Waals surface area (Å²) >= 11 is 0. The molecule has 0 aliphatic carbocycles.